The number of allylic oxidation sites excluding steroid dienone is 2. The number of rotatable bonds is 9. The Bertz CT molecular complexity index is 142. The van der Waals surface area contributed by atoms with E-state index >= 15 is 0 Å². The zero-order valence-electron chi connectivity index (χ0n) is 11.3. The molecule has 0 saturated heterocycles. The predicted octanol–water partition coefficient (Wildman–Crippen LogP) is 5.59. The van der Waals surface area contributed by atoms with E-state index in [0.717, 1.165) is 11.8 Å². The van der Waals surface area contributed by atoms with Gasteiger partial charge >= 0.3 is 0 Å². The monoisotopic (exact) mass is 210 g/mol. The van der Waals surface area contributed by atoms with E-state index < -0.39 is 0 Å². The van der Waals surface area contributed by atoms with Gasteiger partial charge in [-0.1, -0.05) is 65.5 Å². The zero-order chi connectivity index (χ0) is 11.5. The second-order valence-electron chi connectivity index (χ2n) is 5.49. The largest absolute Gasteiger partial charge is 0.0885 e. The molecule has 0 amide bonds. The first-order valence-electron chi connectivity index (χ1n) is 6.78. The Morgan fingerprint density at radius 2 is 1.40 bits per heavy atom. The van der Waals surface area contributed by atoms with Crippen LogP contribution in [-0.4, -0.2) is 0 Å². The highest BCUT2D eigenvalue weighted by molar-refractivity contribution is 4.82. The zero-order valence-corrected chi connectivity index (χ0v) is 11.3. The van der Waals surface area contributed by atoms with Crippen molar-refractivity contribution in [3.63, 3.8) is 0 Å². The first-order chi connectivity index (χ1) is 7.13. The summed E-state index contributed by atoms with van der Waals surface area (Å²) >= 11 is 0. The molecule has 0 aromatic carbocycles. The summed E-state index contributed by atoms with van der Waals surface area (Å²) in [6.45, 7) is 9.18. The van der Waals surface area contributed by atoms with Crippen LogP contribution in [0.15, 0.2) is 12.2 Å². The van der Waals surface area contributed by atoms with Crippen LogP contribution in [-0.2, 0) is 0 Å². The van der Waals surface area contributed by atoms with Crippen molar-refractivity contribution >= 4 is 0 Å². The van der Waals surface area contributed by atoms with Crippen LogP contribution in [0.3, 0.4) is 0 Å². The summed E-state index contributed by atoms with van der Waals surface area (Å²) in [4.78, 5) is 0. The summed E-state index contributed by atoms with van der Waals surface area (Å²) in [5.41, 5.74) is 0. The highest BCUT2D eigenvalue weighted by Crippen LogP contribution is 2.11. The third kappa shape index (κ3) is 13.7. The average molecular weight is 210 g/mol. The third-order valence-electron chi connectivity index (χ3n) is 2.68. The van der Waals surface area contributed by atoms with Crippen molar-refractivity contribution < 1.29 is 0 Å². The highest BCUT2D eigenvalue weighted by atomic mass is 14.0. The Hall–Kier alpha value is -0.260. The van der Waals surface area contributed by atoms with Gasteiger partial charge in [0.25, 0.3) is 0 Å². The molecule has 0 bridgehead atoms. The van der Waals surface area contributed by atoms with E-state index in [1.807, 2.05) is 0 Å². The van der Waals surface area contributed by atoms with Crippen LogP contribution >= 0.6 is 0 Å². The molecule has 0 spiro atoms. The maximum Gasteiger partial charge on any atom is -0.0327 e. The maximum atomic E-state index is 2.36. The molecule has 0 aliphatic heterocycles. The number of unbranched alkanes of at least 4 members (excludes halogenated alkanes) is 4. The molecular weight excluding hydrogens is 180 g/mol. The summed E-state index contributed by atoms with van der Waals surface area (Å²) in [5, 5.41) is 0. The Kier molecular flexibility index (Phi) is 10.1. The van der Waals surface area contributed by atoms with Gasteiger partial charge in [0.2, 0.25) is 0 Å². The van der Waals surface area contributed by atoms with Gasteiger partial charge in [0.15, 0.2) is 0 Å². The molecule has 0 unspecified atom stereocenters. The fourth-order valence-electron chi connectivity index (χ4n) is 1.65. The van der Waals surface area contributed by atoms with Gasteiger partial charge in [0.05, 0.1) is 0 Å². The molecule has 0 aliphatic carbocycles. The summed E-state index contributed by atoms with van der Waals surface area (Å²) in [5.74, 6) is 1.70. The summed E-state index contributed by atoms with van der Waals surface area (Å²) in [6.07, 6.45) is 14.3. The van der Waals surface area contributed by atoms with Crippen LogP contribution in [0, 0.1) is 11.8 Å². The first kappa shape index (κ1) is 14.7. The minimum atomic E-state index is 0.812. The minimum Gasteiger partial charge on any atom is -0.0885 e. The van der Waals surface area contributed by atoms with E-state index in [9.17, 15) is 0 Å². The van der Waals surface area contributed by atoms with Gasteiger partial charge in [-0.2, -0.15) is 0 Å². The normalized spacial score (nSPS) is 12.1. The molecule has 0 radical (unpaired) electrons. The van der Waals surface area contributed by atoms with E-state index in [1.54, 1.807) is 0 Å². The smallest absolute Gasteiger partial charge is 0.0327 e. The van der Waals surface area contributed by atoms with Crippen molar-refractivity contribution in [2.45, 2.75) is 72.6 Å². The Labute approximate surface area is 97.2 Å². The number of hydrogen-bond donors (Lipinski definition) is 0. The van der Waals surface area contributed by atoms with E-state index in [4.69, 9.17) is 0 Å². The molecule has 90 valence electrons. The molecule has 0 aliphatic rings. The van der Waals surface area contributed by atoms with Crippen molar-refractivity contribution in [1.82, 2.24) is 0 Å². The van der Waals surface area contributed by atoms with Crippen molar-refractivity contribution in [2.24, 2.45) is 11.8 Å². The SMILES string of the molecule is CC(C)C/C=C\CCCCCCC(C)C. The average Bonchev–Trinajstić information content (AvgIpc) is 2.14. The molecule has 15 heavy (non-hydrogen) atoms. The lowest BCUT2D eigenvalue weighted by Gasteiger charge is -2.03. The fraction of sp³-hybridized carbons (Fsp3) is 0.867. The van der Waals surface area contributed by atoms with Gasteiger partial charge in [0, 0.05) is 0 Å². The quantitative estimate of drug-likeness (QED) is 0.344. The molecule has 0 rings (SSSR count). The molecule has 0 fully saturated rings. The van der Waals surface area contributed by atoms with E-state index in [-0.39, 0.29) is 0 Å². The van der Waals surface area contributed by atoms with Crippen molar-refractivity contribution in [3.8, 4) is 0 Å². The van der Waals surface area contributed by atoms with Crippen LogP contribution in [0.2, 0.25) is 0 Å². The van der Waals surface area contributed by atoms with Crippen LogP contribution < -0.4 is 0 Å². The predicted molar refractivity (Wildman–Crippen MR) is 71.1 cm³/mol. The van der Waals surface area contributed by atoms with Gasteiger partial charge in [-0.05, 0) is 31.1 Å². The van der Waals surface area contributed by atoms with Gasteiger partial charge < -0.3 is 0 Å². The summed E-state index contributed by atoms with van der Waals surface area (Å²) in [6, 6.07) is 0. The number of hydrogen-bond acceptors (Lipinski definition) is 0. The van der Waals surface area contributed by atoms with E-state index in [2.05, 4.69) is 39.8 Å². The lowest BCUT2D eigenvalue weighted by molar-refractivity contribution is 0.521. The summed E-state index contributed by atoms with van der Waals surface area (Å²) < 4.78 is 0. The van der Waals surface area contributed by atoms with Gasteiger partial charge in [-0.25, -0.2) is 0 Å². The highest BCUT2D eigenvalue weighted by Gasteiger charge is 1.93. The van der Waals surface area contributed by atoms with Crippen LogP contribution in [0.1, 0.15) is 72.6 Å². The van der Waals surface area contributed by atoms with Crippen molar-refractivity contribution in [3.05, 3.63) is 12.2 Å². The molecule has 0 N–H and O–H groups in total. The fourth-order valence-corrected chi connectivity index (χ4v) is 1.65. The lowest BCUT2D eigenvalue weighted by Crippen LogP contribution is -1.86. The van der Waals surface area contributed by atoms with Crippen molar-refractivity contribution in [2.75, 3.05) is 0 Å². The Morgan fingerprint density at radius 3 is 2.00 bits per heavy atom. The van der Waals surface area contributed by atoms with Gasteiger partial charge in [-0.15, -0.1) is 0 Å². The molecule has 0 atom stereocenters. The topological polar surface area (TPSA) is 0 Å². The van der Waals surface area contributed by atoms with E-state index in [0.29, 0.717) is 0 Å². The van der Waals surface area contributed by atoms with Gasteiger partial charge in [0.1, 0.15) is 0 Å². The minimum absolute atomic E-state index is 0.812. The standard InChI is InChI=1S/C15H30/c1-14(2)12-10-8-6-5-7-9-11-13-15(3)4/h8,10,14-15H,5-7,9,11-13H2,1-4H3/b10-8-. The molecule has 0 aromatic rings. The maximum absolute atomic E-state index is 2.36. The van der Waals surface area contributed by atoms with Crippen LogP contribution in [0.4, 0.5) is 0 Å². The van der Waals surface area contributed by atoms with E-state index in [1.165, 1.54) is 44.9 Å². The first-order valence-corrected chi connectivity index (χ1v) is 6.78. The third-order valence-corrected chi connectivity index (χ3v) is 2.68. The molecule has 0 aromatic heterocycles. The summed E-state index contributed by atoms with van der Waals surface area (Å²) in [7, 11) is 0. The Balaban J connectivity index is 3.08. The van der Waals surface area contributed by atoms with Crippen LogP contribution in [0.5, 0.6) is 0 Å². The Morgan fingerprint density at radius 1 is 0.733 bits per heavy atom. The molecule has 0 nitrogen and oxygen atoms in total. The second-order valence-corrected chi connectivity index (χ2v) is 5.49. The van der Waals surface area contributed by atoms with Crippen LogP contribution in [0.25, 0.3) is 0 Å². The molecule has 0 saturated carbocycles. The molecule has 0 heterocycles. The van der Waals surface area contributed by atoms with Crippen molar-refractivity contribution in [1.29, 1.82) is 0 Å². The van der Waals surface area contributed by atoms with Gasteiger partial charge in [-0.3, -0.25) is 0 Å². The molecular formula is C15H30. The second kappa shape index (κ2) is 10.3. The lowest BCUT2D eigenvalue weighted by atomic mass is 10.0. The molecule has 0 heteroatoms.